The summed E-state index contributed by atoms with van der Waals surface area (Å²) in [6.07, 6.45) is -4.23. The van der Waals surface area contributed by atoms with Crippen LogP contribution < -0.4 is 10.6 Å². The van der Waals surface area contributed by atoms with Crippen molar-refractivity contribution in [2.75, 3.05) is 52.5 Å². The number of hydrogen-bond donors (Lipinski definition) is 2. The molecule has 1 aromatic carbocycles. The van der Waals surface area contributed by atoms with Gasteiger partial charge in [0.2, 0.25) is 17.6 Å². The second-order valence-electron chi connectivity index (χ2n) is 9.72. The van der Waals surface area contributed by atoms with Gasteiger partial charge in [-0.25, -0.2) is 9.18 Å². The van der Waals surface area contributed by atoms with Crippen LogP contribution in [-0.2, 0) is 29.6 Å². The fraction of sp³-hybridized carbons (Fsp3) is 0.593. The summed E-state index contributed by atoms with van der Waals surface area (Å²) < 4.78 is 68.7. The third-order valence-electron chi connectivity index (χ3n) is 6.57. The molecule has 1 heterocycles. The monoisotopic (exact) mass is 590 g/mol. The Labute approximate surface area is 237 Å². The van der Waals surface area contributed by atoms with Crippen molar-refractivity contribution in [1.29, 1.82) is 0 Å². The highest BCUT2D eigenvalue weighted by atomic mass is 19.4. The van der Waals surface area contributed by atoms with Gasteiger partial charge in [-0.05, 0) is 39.8 Å². The first-order valence-corrected chi connectivity index (χ1v) is 13.2. The Morgan fingerprint density at radius 2 is 1.63 bits per heavy atom. The predicted octanol–water partition coefficient (Wildman–Crippen LogP) is 2.93. The van der Waals surface area contributed by atoms with E-state index in [-0.39, 0.29) is 46.0 Å². The SMILES string of the molecule is C=CCOC(=O)N1CCN(C(C)(C)C(=O)NCC(OCC)(OCC)c2ccc(F)cc2)C[C@H]1C(=O)NCC(F)(F)F. The van der Waals surface area contributed by atoms with Crippen molar-refractivity contribution in [2.24, 2.45) is 0 Å². The van der Waals surface area contributed by atoms with Crippen LogP contribution in [0.5, 0.6) is 0 Å². The molecule has 0 radical (unpaired) electrons. The molecule has 0 bridgehead atoms. The molecule has 2 N–H and O–H groups in total. The Balaban J connectivity index is 2.25. The Hall–Kier alpha value is -3.23. The number of rotatable bonds is 13. The number of amides is 3. The molecule has 0 spiro atoms. The smallest absolute Gasteiger partial charge is 0.410 e. The topological polar surface area (TPSA) is 109 Å². The number of benzene rings is 1. The van der Waals surface area contributed by atoms with Gasteiger partial charge in [0.25, 0.3) is 0 Å². The van der Waals surface area contributed by atoms with Gasteiger partial charge in [-0.3, -0.25) is 19.4 Å². The van der Waals surface area contributed by atoms with Crippen LogP contribution in [0.25, 0.3) is 0 Å². The predicted molar refractivity (Wildman–Crippen MR) is 141 cm³/mol. The van der Waals surface area contributed by atoms with Gasteiger partial charge in [0.05, 0.1) is 12.1 Å². The zero-order valence-corrected chi connectivity index (χ0v) is 23.7. The second kappa shape index (κ2) is 14.6. The number of nitrogens with one attached hydrogen (secondary N) is 2. The van der Waals surface area contributed by atoms with Gasteiger partial charge in [-0.15, -0.1) is 0 Å². The molecule has 0 aromatic heterocycles. The molecule has 0 saturated carbocycles. The number of hydrogen-bond acceptors (Lipinski definition) is 7. The standard InChI is InChI=1S/C27H38F4N4O6/c1-6-15-39-24(38)35-14-13-34(16-21(35)22(36)32-18-27(29,30)31)25(4,5)23(37)33-17-26(40-7-2,41-8-3)19-9-11-20(28)12-10-19/h6,9-12,21H,1,7-8,13-18H2,2-5H3,(H,32,36)(H,33,37)/t21-/m0/s1. The summed E-state index contributed by atoms with van der Waals surface area (Å²) in [4.78, 5) is 41.5. The van der Waals surface area contributed by atoms with Gasteiger partial charge in [-0.1, -0.05) is 24.8 Å². The Kier molecular flexibility index (Phi) is 12.1. The van der Waals surface area contributed by atoms with Crippen LogP contribution in [0.1, 0.15) is 33.3 Å². The van der Waals surface area contributed by atoms with Crippen LogP contribution in [0.3, 0.4) is 0 Å². The molecule has 0 unspecified atom stereocenters. The first-order chi connectivity index (χ1) is 19.2. The lowest BCUT2D eigenvalue weighted by Gasteiger charge is -2.46. The quantitative estimate of drug-likeness (QED) is 0.207. The summed E-state index contributed by atoms with van der Waals surface area (Å²) in [5.74, 6) is -3.42. The lowest BCUT2D eigenvalue weighted by Crippen LogP contribution is -2.67. The maximum absolute atomic E-state index is 13.6. The minimum atomic E-state index is -4.66. The minimum absolute atomic E-state index is 0.0891. The molecule has 1 aromatic rings. The summed E-state index contributed by atoms with van der Waals surface area (Å²) in [6.45, 7) is 8.44. The molecule has 1 aliphatic rings. The molecule has 1 fully saturated rings. The van der Waals surface area contributed by atoms with Crippen LogP contribution in [0.2, 0.25) is 0 Å². The van der Waals surface area contributed by atoms with Gasteiger partial charge in [0.15, 0.2) is 0 Å². The van der Waals surface area contributed by atoms with Crippen molar-refractivity contribution in [2.45, 2.75) is 51.2 Å². The fourth-order valence-electron chi connectivity index (χ4n) is 4.39. The average Bonchev–Trinajstić information content (AvgIpc) is 2.92. The Morgan fingerprint density at radius 3 is 2.17 bits per heavy atom. The van der Waals surface area contributed by atoms with Gasteiger partial charge in [-0.2, -0.15) is 13.2 Å². The van der Waals surface area contributed by atoms with E-state index >= 15 is 0 Å². The zero-order valence-electron chi connectivity index (χ0n) is 23.7. The van der Waals surface area contributed by atoms with Gasteiger partial charge >= 0.3 is 12.3 Å². The normalized spacial score (nSPS) is 16.7. The number of ether oxygens (including phenoxy) is 3. The second-order valence-corrected chi connectivity index (χ2v) is 9.72. The first-order valence-electron chi connectivity index (χ1n) is 13.2. The van der Waals surface area contributed by atoms with E-state index in [0.717, 1.165) is 4.90 Å². The highest BCUT2D eigenvalue weighted by Crippen LogP contribution is 2.28. The van der Waals surface area contributed by atoms with Crippen molar-refractivity contribution in [3.05, 3.63) is 48.3 Å². The molecule has 41 heavy (non-hydrogen) atoms. The van der Waals surface area contributed by atoms with E-state index in [4.69, 9.17) is 14.2 Å². The third kappa shape index (κ3) is 9.13. The molecule has 1 atom stereocenters. The van der Waals surface area contributed by atoms with Crippen molar-refractivity contribution in [3.8, 4) is 0 Å². The first kappa shape index (κ1) is 34.0. The highest BCUT2D eigenvalue weighted by Gasteiger charge is 2.45. The van der Waals surface area contributed by atoms with Crippen LogP contribution in [0.4, 0.5) is 22.4 Å². The third-order valence-corrected chi connectivity index (χ3v) is 6.57. The number of carbonyl (C=O) groups is 3. The van der Waals surface area contributed by atoms with Crippen LogP contribution in [0, 0.1) is 5.82 Å². The summed E-state index contributed by atoms with van der Waals surface area (Å²) in [5, 5.41) is 4.61. The number of halogens is 4. The van der Waals surface area contributed by atoms with E-state index in [1.807, 2.05) is 5.32 Å². The van der Waals surface area contributed by atoms with Crippen molar-refractivity contribution >= 4 is 17.9 Å². The number of piperazine rings is 1. The van der Waals surface area contributed by atoms with Crippen molar-refractivity contribution in [3.63, 3.8) is 0 Å². The fourth-order valence-corrected chi connectivity index (χ4v) is 4.39. The van der Waals surface area contributed by atoms with E-state index in [1.165, 1.54) is 30.3 Å². The average molecular weight is 591 g/mol. The molecule has 1 saturated heterocycles. The Morgan fingerprint density at radius 1 is 1.02 bits per heavy atom. The molecule has 14 heteroatoms. The van der Waals surface area contributed by atoms with E-state index in [1.54, 1.807) is 32.6 Å². The highest BCUT2D eigenvalue weighted by molar-refractivity contribution is 5.88. The molecule has 0 aliphatic carbocycles. The number of alkyl halides is 3. The lowest BCUT2D eigenvalue weighted by atomic mass is 9.97. The summed E-state index contributed by atoms with van der Waals surface area (Å²) in [5.41, 5.74) is -0.805. The van der Waals surface area contributed by atoms with Crippen LogP contribution in [-0.4, -0.2) is 98.0 Å². The molecule has 3 amide bonds. The van der Waals surface area contributed by atoms with E-state index in [0.29, 0.717) is 5.56 Å². The summed E-state index contributed by atoms with van der Waals surface area (Å²) >= 11 is 0. The molecular weight excluding hydrogens is 552 g/mol. The maximum atomic E-state index is 13.6. The zero-order chi connectivity index (χ0) is 30.8. The van der Waals surface area contributed by atoms with Crippen molar-refractivity contribution in [1.82, 2.24) is 20.4 Å². The molecule has 230 valence electrons. The molecule has 2 rings (SSSR count). The maximum Gasteiger partial charge on any atom is 0.410 e. The number of nitrogens with zero attached hydrogens (tertiary/aromatic N) is 2. The number of carbonyl (C=O) groups excluding carboxylic acids is 3. The van der Waals surface area contributed by atoms with Gasteiger partial charge in [0, 0.05) is 38.4 Å². The van der Waals surface area contributed by atoms with Gasteiger partial charge < -0.3 is 24.8 Å². The van der Waals surface area contributed by atoms with Crippen LogP contribution in [0.15, 0.2) is 36.9 Å². The minimum Gasteiger partial charge on any atom is -0.445 e. The lowest BCUT2D eigenvalue weighted by molar-refractivity contribution is -0.239. The largest absolute Gasteiger partial charge is 0.445 e. The van der Waals surface area contributed by atoms with E-state index in [9.17, 15) is 31.9 Å². The van der Waals surface area contributed by atoms with E-state index in [2.05, 4.69) is 11.9 Å². The Bertz CT molecular complexity index is 1050. The van der Waals surface area contributed by atoms with E-state index < -0.39 is 53.8 Å². The van der Waals surface area contributed by atoms with Crippen LogP contribution >= 0.6 is 0 Å². The van der Waals surface area contributed by atoms with Crippen molar-refractivity contribution < 1.29 is 46.2 Å². The summed E-state index contributed by atoms with van der Waals surface area (Å²) in [6, 6.07) is 4.12. The molecule has 10 nitrogen and oxygen atoms in total. The summed E-state index contributed by atoms with van der Waals surface area (Å²) in [7, 11) is 0. The molecular formula is C27H38F4N4O6. The molecule has 1 aliphatic heterocycles. The van der Waals surface area contributed by atoms with Gasteiger partial charge in [0.1, 0.15) is 25.0 Å².